The molecule has 4 rings (SSSR count). The van der Waals surface area contributed by atoms with E-state index in [0.29, 0.717) is 36.7 Å². The third-order valence-electron chi connectivity index (χ3n) is 5.68. The number of anilines is 1. The standard InChI is InChI=1S/C18H22N2O5S/c21-17(19-10-15(12-5-6-12)16(11-19)18(22)23)13-3-1-4-14(9-13)20-7-2-8-26(20,24)25/h1,3-4,9,12,15-16H,2,5-8,10-11H2,(H,22,23)/t15-,16+/m1/s1. The van der Waals surface area contributed by atoms with E-state index in [0.717, 1.165) is 12.8 Å². The number of carboxylic acid groups (broad SMARTS) is 1. The number of rotatable bonds is 4. The summed E-state index contributed by atoms with van der Waals surface area (Å²) in [4.78, 5) is 26.0. The lowest BCUT2D eigenvalue weighted by Crippen LogP contribution is -2.30. The van der Waals surface area contributed by atoms with Crippen molar-refractivity contribution in [3.8, 4) is 0 Å². The predicted octanol–water partition coefficient (Wildman–Crippen LogP) is 1.41. The number of amides is 1. The highest BCUT2D eigenvalue weighted by atomic mass is 32.2. The summed E-state index contributed by atoms with van der Waals surface area (Å²) in [6.07, 6.45) is 2.66. The first-order chi connectivity index (χ1) is 12.4. The second-order valence-corrected chi connectivity index (χ2v) is 9.46. The topological polar surface area (TPSA) is 95.0 Å². The molecule has 1 N–H and O–H groups in total. The molecule has 1 aromatic carbocycles. The summed E-state index contributed by atoms with van der Waals surface area (Å²) < 4.78 is 25.6. The molecule has 1 saturated carbocycles. The Bertz CT molecular complexity index is 849. The van der Waals surface area contributed by atoms with E-state index in [-0.39, 0.29) is 24.1 Å². The van der Waals surface area contributed by atoms with Crippen molar-refractivity contribution in [3.63, 3.8) is 0 Å². The van der Waals surface area contributed by atoms with Gasteiger partial charge in [-0.3, -0.25) is 13.9 Å². The molecule has 1 aliphatic carbocycles. The van der Waals surface area contributed by atoms with Gasteiger partial charge in [0.05, 0.1) is 17.4 Å². The average Bonchev–Trinajstić information content (AvgIpc) is 3.25. The van der Waals surface area contributed by atoms with Gasteiger partial charge in [0.1, 0.15) is 0 Å². The number of nitrogens with zero attached hydrogens (tertiary/aromatic N) is 2. The summed E-state index contributed by atoms with van der Waals surface area (Å²) in [6, 6.07) is 6.64. The van der Waals surface area contributed by atoms with Gasteiger partial charge in [-0.2, -0.15) is 0 Å². The lowest BCUT2D eigenvalue weighted by atomic mass is 9.92. The monoisotopic (exact) mass is 378 g/mol. The van der Waals surface area contributed by atoms with Crippen molar-refractivity contribution in [2.45, 2.75) is 19.3 Å². The molecule has 0 bridgehead atoms. The van der Waals surface area contributed by atoms with Crippen LogP contribution in [0.5, 0.6) is 0 Å². The van der Waals surface area contributed by atoms with Crippen LogP contribution >= 0.6 is 0 Å². The van der Waals surface area contributed by atoms with E-state index >= 15 is 0 Å². The minimum absolute atomic E-state index is 0.0265. The molecule has 26 heavy (non-hydrogen) atoms. The van der Waals surface area contributed by atoms with Crippen LogP contribution < -0.4 is 4.31 Å². The van der Waals surface area contributed by atoms with Crippen LogP contribution in [-0.4, -0.2) is 55.7 Å². The van der Waals surface area contributed by atoms with Gasteiger partial charge in [-0.25, -0.2) is 8.42 Å². The summed E-state index contributed by atoms with van der Waals surface area (Å²) in [7, 11) is -3.30. The minimum atomic E-state index is -3.30. The molecule has 0 unspecified atom stereocenters. The van der Waals surface area contributed by atoms with Gasteiger partial charge in [0.25, 0.3) is 5.91 Å². The van der Waals surface area contributed by atoms with Crippen molar-refractivity contribution in [2.24, 2.45) is 17.8 Å². The van der Waals surface area contributed by atoms with E-state index in [1.54, 1.807) is 29.2 Å². The second kappa shape index (κ2) is 6.26. The van der Waals surface area contributed by atoms with E-state index in [1.807, 2.05) is 0 Å². The normalized spacial score (nSPS) is 27.7. The molecule has 7 nitrogen and oxygen atoms in total. The number of hydrogen-bond acceptors (Lipinski definition) is 4. The summed E-state index contributed by atoms with van der Waals surface area (Å²) in [5.74, 6) is -1.00. The van der Waals surface area contributed by atoms with Crippen LogP contribution in [0.1, 0.15) is 29.6 Å². The molecular weight excluding hydrogens is 356 g/mol. The van der Waals surface area contributed by atoms with E-state index in [2.05, 4.69) is 0 Å². The van der Waals surface area contributed by atoms with Crippen LogP contribution in [-0.2, 0) is 14.8 Å². The van der Waals surface area contributed by atoms with Gasteiger partial charge < -0.3 is 10.0 Å². The number of benzene rings is 1. The Kier molecular flexibility index (Phi) is 4.17. The molecule has 2 heterocycles. The summed E-state index contributed by atoms with van der Waals surface area (Å²) in [6.45, 7) is 1.11. The molecule has 0 spiro atoms. The highest BCUT2D eigenvalue weighted by Gasteiger charge is 2.47. The number of sulfonamides is 1. The Hall–Kier alpha value is -2.09. The third kappa shape index (κ3) is 3.06. The zero-order chi connectivity index (χ0) is 18.5. The second-order valence-electron chi connectivity index (χ2n) is 7.45. The van der Waals surface area contributed by atoms with Gasteiger partial charge in [-0.05, 0) is 49.3 Å². The van der Waals surface area contributed by atoms with Gasteiger partial charge in [0.2, 0.25) is 10.0 Å². The van der Waals surface area contributed by atoms with Crippen molar-refractivity contribution in [3.05, 3.63) is 29.8 Å². The molecule has 0 aromatic heterocycles. The van der Waals surface area contributed by atoms with Crippen LogP contribution in [0.2, 0.25) is 0 Å². The Morgan fingerprint density at radius 1 is 1.15 bits per heavy atom. The van der Waals surface area contributed by atoms with Crippen molar-refractivity contribution >= 4 is 27.6 Å². The van der Waals surface area contributed by atoms with Gasteiger partial charge >= 0.3 is 5.97 Å². The van der Waals surface area contributed by atoms with Crippen molar-refractivity contribution < 1.29 is 23.1 Å². The number of carbonyl (C=O) groups is 2. The summed E-state index contributed by atoms with van der Waals surface area (Å²) >= 11 is 0. The lowest BCUT2D eigenvalue weighted by molar-refractivity contribution is -0.142. The first-order valence-corrected chi connectivity index (χ1v) is 10.6. The highest BCUT2D eigenvalue weighted by Crippen LogP contribution is 2.44. The zero-order valence-corrected chi connectivity index (χ0v) is 15.2. The van der Waals surface area contributed by atoms with Gasteiger partial charge in [0.15, 0.2) is 0 Å². The predicted molar refractivity (Wildman–Crippen MR) is 95.4 cm³/mol. The zero-order valence-electron chi connectivity index (χ0n) is 14.4. The molecule has 2 saturated heterocycles. The Morgan fingerprint density at radius 2 is 1.92 bits per heavy atom. The third-order valence-corrected chi connectivity index (χ3v) is 7.55. The maximum atomic E-state index is 12.9. The molecule has 1 amide bonds. The van der Waals surface area contributed by atoms with Crippen LogP contribution in [0.3, 0.4) is 0 Å². The van der Waals surface area contributed by atoms with Crippen LogP contribution in [0.4, 0.5) is 5.69 Å². The minimum Gasteiger partial charge on any atom is -0.481 e. The fourth-order valence-corrected chi connectivity index (χ4v) is 5.72. The smallest absolute Gasteiger partial charge is 0.308 e. The van der Waals surface area contributed by atoms with Crippen molar-refractivity contribution in [1.29, 1.82) is 0 Å². The van der Waals surface area contributed by atoms with Gasteiger partial charge in [-0.1, -0.05) is 6.07 Å². The number of hydrogen-bond donors (Lipinski definition) is 1. The van der Waals surface area contributed by atoms with E-state index in [9.17, 15) is 23.1 Å². The molecule has 2 aliphatic heterocycles. The van der Waals surface area contributed by atoms with Crippen LogP contribution in [0, 0.1) is 17.8 Å². The van der Waals surface area contributed by atoms with Crippen molar-refractivity contribution in [2.75, 3.05) is 29.7 Å². The number of carbonyl (C=O) groups excluding carboxylic acids is 1. The number of likely N-dealkylation sites (tertiary alicyclic amines) is 1. The highest BCUT2D eigenvalue weighted by molar-refractivity contribution is 7.93. The molecule has 140 valence electrons. The summed E-state index contributed by atoms with van der Waals surface area (Å²) in [5.41, 5.74) is 0.909. The van der Waals surface area contributed by atoms with E-state index < -0.39 is 21.9 Å². The van der Waals surface area contributed by atoms with Crippen LogP contribution in [0.25, 0.3) is 0 Å². The van der Waals surface area contributed by atoms with Gasteiger partial charge in [0, 0.05) is 25.2 Å². The Balaban J connectivity index is 1.55. The molecule has 1 aromatic rings. The van der Waals surface area contributed by atoms with Crippen molar-refractivity contribution in [1.82, 2.24) is 4.90 Å². The fraction of sp³-hybridized carbons (Fsp3) is 0.556. The molecular formula is C18H22N2O5S. The molecule has 0 radical (unpaired) electrons. The maximum absolute atomic E-state index is 12.9. The Labute approximate surface area is 152 Å². The lowest BCUT2D eigenvalue weighted by Gasteiger charge is -2.20. The number of aliphatic carboxylic acids is 1. The fourth-order valence-electron chi connectivity index (χ4n) is 4.16. The Morgan fingerprint density at radius 3 is 2.54 bits per heavy atom. The first-order valence-electron chi connectivity index (χ1n) is 8.99. The quantitative estimate of drug-likeness (QED) is 0.855. The first kappa shape index (κ1) is 17.3. The van der Waals surface area contributed by atoms with Crippen LogP contribution in [0.15, 0.2) is 24.3 Å². The molecule has 3 aliphatic rings. The maximum Gasteiger partial charge on any atom is 0.308 e. The largest absolute Gasteiger partial charge is 0.481 e. The molecule has 2 atom stereocenters. The summed E-state index contributed by atoms with van der Waals surface area (Å²) in [5, 5.41) is 9.46. The van der Waals surface area contributed by atoms with E-state index in [4.69, 9.17) is 0 Å². The van der Waals surface area contributed by atoms with E-state index in [1.165, 1.54) is 4.31 Å². The van der Waals surface area contributed by atoms with Gasteiger partial charge in [-0.15, -0.1) is 0 Å². The molecule has 8 heteroatoms. The number of carboxylic acids is 1. The SMILES string of the molecule is O=C(O)[C@H]1CN(C(=O)c2cccc(N3CCCS3(=O)=O)c2)C[C@@H]1C1CC1. The molecule has 3 fully saturated rings. The average molecular weight is 378 g/mol.